The number of carbonyl (C=O) groups excluding carboxylic acids is 2. The Labute approximate surface area is 152 Å². The van der Waals surface area contributed by atoms with Crippen molar-refractivity contribution in [3.8, 4) is 11.5 Å². The Bertz CT molecular complexity index is 872. The molecule has 2 rings (SSSR count). The van der Waals surface area contributed by atoms with Gasteiger partial charge in [-0.2, -0.15) is 0 Å². The van der Waals surface area contributed by atoms with Gasteiger partial charge in [-0.1, -0.05) is 6.07 Å². The number of para-hydroxylation sites is 1. The normalized spacial score (nSPS) is 11.5. The summed E-state index contributed by atoms with van der Waals surface area (Å²) >= 11 is 0. The highest BCUT2D eigenvalue weighted by Crippen LogP contribution is 2.31. The van der Waals surface area contributed by atoms with Crippen LogP contribution in [0.5, 0.6) is 11.5 Å². The lowest BCUT2D eigenvalue weighted by molar-refractivity contribution is -0.123. The lowest BCUT2D eigenvalue weighted by atomic mass is 10.2. The molecule has 0 spiro atoms. The summed E-state index contributed by atoms with van der Waals surface area (Å²) in [5, 5.41) is 2.03. The van der Waals surface area contributed by atoms with E-state index in [9.17, 15) is 22.8 Å². The van der Waals surface area contributed by atoms with E-state index in [1.807, 2.05) is 5.32 Å². The second-order valence-corrected chi connectivity index (χ2v) is 5.30. The summed E-state index contributed by atoms with van der Waals surface area (Å²) in [6.45, 7) is 1.23. The molecule has 0 aliphatic heterocycles. The van der Waals surface area contributed by atoms with Crippen LogP contribution in [0.1, 0.15) is 17.3 Å². The molecular formula is C18H16F3NO5. The summed E-state index contributed by atoms with van der Waals surface area (Å²) in [6.07, 6.45) is -1.36. The van der Waals surface area contributed by atoms with Crippen molar-refractivity contribution in [2.75, 3.05) is 19.5 Å². The molecule has 0 unspecified atom stereocenters. The van der Waals surface area contributed by atoms with Gasteiger partial charge >= 0.3 is 5.97 Å². The number of rotatable bonds is 6. The highest BCUT2D eigenvalue weighted by Gasteiger charge is 2.24. The van der Waals surface area contributed by atoms with E-state index >= 15 is 0 Å². The summed E-state index contributed by atoms with van der Waals surface area (Å²) < 4.78 is 55.0. The molecule has 1 atom stereocenters. The van der Waals surface area contributed by atoms with Crippen molar-refractivity contribution in [3.63, 3.8) is 0 Å². The number of anilines is 1. The molecule has 0 bridgehead atoms. The van der Waals surface area contributed by atoms with Gasteiger partial charge in [-0.25, -0.2) is 18.0 Å². The van der Waals surface area contributed by atoms with Crippen molar-refractivity contribution in [1.82, 2.24) is 0 Å². The van der Waals surface area contributed by atoms with Crippen LogP contribution in [0.2, 0.25) is 0 Å². The first-order chi connectivity index (χ1) is 12.8. The number of amides is 1. The zero-order valence-electron chi connectivity index (χ0n) is 14.6. The maximum atomic E-state index is 13.6. The number of carbonyl (C=O) groups is 2. The van der Waals surface area contributed by atoms with E-state index in [1.54, 1.807) is 6.07 Å². The van der Waals surface area contributed by atoms with Gasteiger partial charge in [-0.3, -0.25) is 4.79 Å². The van der Waals surface area contributed by atoms with Gasteiger partial charge in [0.15, 0.2) is 35.1 Å². The number of hydrogen-bond acceptors (Lipinski definition) is 5. The number of halogens is 3. The third kappa shape index (κ3) is 4.30. The molecular weight excluding hydrogens is 367 g/mol. The van der Waals surface area contributed by atoms with Crippen molar-refractivity contribution < 1.29 is 37.0 Å². The van der Waals surface area contributed by atoms with Gasteiger partial charge in [0.05, 0.1) is 19.9 Å². The van der Waals surface area contributed by atoms with E-state index in [1.165, 1.54) is 33.3 Å². The fraction of sp³-hybridized carbons (Fsp3) is 0.222. The minimum Gasteiger partial charge on any atom is -0.493 e. The van der Waals surface area contributed by atoms with E-state index in [0.717, 1.165) is 6.07 Å². The number of ether oxygens (including phenoxy) is 3. The second-order valence-electron chi connectivity index (χ2n) is 5.30. The molecule has 0 saturated heterocycles. The zero-order valence-corrected chi connectivity index (χ0v) is 14.6. The van der Waals surface area contributed by atoms with Gasteiger partial charge in [0.2, 0.25) is 0 Å². The van der Waals surface area contributed by atoms with Crippen LogP contribution in [-0.2, 0) is 9.53 Å². The lowest BCUT2D eigenvalue weighted by Gasteiger charge is -2.16. The van der Waals surface area contributed by atoms with Crippen molar-refractivity contribution in [1.29, 1.82) is 0 Å². The van der Waals surface area contributed by atoms with E-state index in [2.05, 4.69) is 0 Å². The monoisotopic (exact) mass is 383 g/mol. The van der Waals surface area contributed by atoms with Crippen LogP contribution in [0.3, 0.4) is 0 Å². The predicted molar refractivity (Wildman–Crippen MR) is 89.4 cm³/mol. The molecule has 0 aromatic heterocycles. The summed E-state index contributed by atoms with van der Waals surface area (Å²) in [4.78, 5) is 24.4. The average Bonchev–Trinajstić information content (AvgIpc) is 2.67. The summed E-state index contributed by atoms with van der Waals surface area (Å²) in [6, 6.07) is 6.01. The first-order valence-corrected chi connectivity index (χ1v) is 7.66. The van der Waals surface area contributed by atoms with Crippen LogP contribution in [0.4, 0.5) is 18.9 Å². The van der Waals surface area contributed by atoms with Gasteiger partial charge in [0, 0.05) is 0 Å². The van der Waals surface area contributed by atoms with Crippen molar-refractivity contribution >= 4 is 17.6 Å². The third-order valence-electron chi connectivity index (χ3n) is 3.57. The van der Waals surface area contributed by atoms with Crippen molar-refractivity contribution in [2.24, 2.45) is 0 Å². The molecule has 6 nitrogen and oxygen atoms in total. The number of benzene rings is 2. The number of esters is 1. The molecule has 27 heavy (non-hydrogen) atoms. The number of nitrogens with one attached hydrogen (secondary N) is 1. The highest BCUT2D eigenvalue weighted by molar-refractivity contribution is 5.98. The molecule has 0 saturated carbocycles. The molecule has 0 fully saturated rings. The van der Waals surface area contributed by atoms with Gasteiger partial charge < -0.3 is 19.5 Å². The van der Waals surface area contributed by atoms with Gasteiger partial charge in [-0.15, -0.1) is 0 Å². The fourth-order valence-corrected chi connectivity index (χ4v) is 2.18. The zero-order chi connectivity index (χ0) is 20.1. The molecule has 0 aliphatic carbocycles. The SMILES string of the molecule is COc1cccc(C(=O)O[C@H](C)C(=O)Nc2ccc(F)c(F)c2F)c1OC. The molecule has 9 heteroatoms. The quantitative estimate of drug-likeness (QED) is 0.612. The molecule has 0 aliphatic rings. The molecule has 1 N–H and O–H groups in total. The molecule has 2 aromatic rings. The number of methoxy groups -OCH3 is 2. The standard InChI is InChI=1S/C18H16F3NO5/c1-9(17(23)22-12-8-7-11(19)14(20)15(12)21)27-18(24)10-5-4-6-13(25-2)16(10)26-3/h4-9H,1-3H3,(H,22,23)/t9-/m1/s1. The largest absolute Gasteiger partial charge is 0.493 e. The van der Waals surface area contributed by atoms with Crippen LogP contribution in [0, 0.1) is 17.5 Å². The Hall–Kier alpha value is -3.23. The molecule has 144 valence electrons. The third-order valence-corrected chi connectivity index (χ3v) is 3.57. The van der Waals surface area contributed by atoms with Gasteiger partial charge in [0.1, 0.15) is 5.56 Å². The molecule has 0 heterocycles. The van der Waals surface area contributed by atoms with Crippen LogP contribution in [0.15, 0.2) is 30.3 Å². The summed E-state index contributed by atoms with van der Waals surface area (Å²) in [7, 11) is 2.72. The second kappa shape index (κ2) is 8.43. The Balaban J connectivity index is 2.13. The fourth-order valence-electron chi connectivity index (χ4n) is 2.18. The van der Waals surface area contributed by atoms with E-state index in [0.29, 0.717) is 6.07 Å². The van der Waals surface area contributed by atoms with Crippen LogP contribution in [0.25, 0.3) is 0 Å². The van der Waals surface area contributed by atoms with Crippen LogP contribution >= 0.6 is 0 Å². The Morgan fingerprint density at radius 3 is 2.33 bits per heavy atom. The molecule has 2 aromatic carbocycles. The van der Waals surface area contributed by atoms with Gasteiger partial charge in [0.25, 0.3) is 5.91 Å². The smallest absolute Gasteiger partial charge is 0.342 e. The summed E-state index contributed by atoms with van der Waals surface area (Å²) in [5.74, 6) is -6.10. The van der Waals surface area contributed by atoms with E-state index < -0.39 is 41.1 Å². The van der Waals surface area contributed by atoms with Crippen LogP contribution < -0.4 is 14.8 Å². The topological polar surface area (TPSA) is 73.9 Å². The number of hydrogen-bond donors (Lipinski definition) is 1. The summed E-state index contributed by atoms with van der Waals surface area (Å²) in [5.41, 5.74) is -0.573. The maximum Gasteiger partial charge on any atom is 0.342 e. The van der Waals surface area contributed by atoms with E-state index in [4.69, 9.17) is 14.2 Å². The van der Waals surface area contributed by atoms with Crippen molar-refractivity contribution in [2.45, 2.75) is 13.0 Å². The Kier molecular flexibility index (Phi) is 6.27. The first kappa shape index (κ1) is 20.1. The van der Waals surface area contributed by atoms with Crippen molar-refractivity contribution in [3.05, 3.63) is 53.3 Å². The Morgan fingerprint density at radius 1 is 1.00 bits per heavy atom. The van der Waals surface area contributed by atoms with E-state index in [-0.39, 0.29) is 17.1 Å². The maximum absolute atomic E-state index is 13.6. The van der Waals surface area contributed by atoms with Crippen LogP contribution in [-0.4, -0.2) is 32.2 Å². The first-order valence-electron chi connectivity index (χ1n) is 7.66. The minimum absolute atomic E-state index is 0.00973. The Morgan fingerprint density at radius 2 is 1.70 bits per heavy atom. The predicted octanol–water partition coefficient (Wildman–Crippen LogP) is 3.31. The average molecular weight is 383 g/mol. The minimum atomic E-state index is -1.72. The lowest BCUT2D eigenvalue weighted by Crippen LogP contribution is -2.30. The molecule has 1 amide bonds. The molecule has 0 radical (unpaired) electrons. The highest BCUT2D eigenvalue weighted by atomic mass is 19.2. The van der Waals surface area contributed by atoms with Gasteiger partial charge in [-0.05, 0) is 31.2 Å².